The molecule has 1 atom stereocenters. The number of hydrogen-bond donors (Lipinski definition) is 2. The Bertz CT molecular complexity index is 888. The molecule has 0 bridgehead atoms. The maximum Gasteiger partial charge on any atom is 0.279 e. The normalized spacial score (nSPS) is 11.6. The molecule has 0 saturated carbocycles. The standard InChI is InChI=1S/C19H22ClN3O5/c1-12-7-17(27-3)18(28-4)8-13(12)10-22(2)11-19(24)21-16-6-5-14(23(25)26)9-15(16)20/h5-9H,10-11H2,1-4H3,(H,21,24)/p+1. The van der Waals surface area contributed by atoms with Crippen LogP contribution in [0.15, 0.2) is 30.3 Å². The largest absolute Gasteiger partial charge is 0.493 e. The Hall–Kier alpha value is -2.84. The van der Waals surface area contributed by atoms with Crippen molar-refractivity contribution in [1.82, 2.24) is 0 Å². The van der Waals surface area contributed by atoms with E-state index in [0.29, 0.717) is 23.7 Å². The summed E-state index contributed by atoms with van der Waals surface area (Å²) in [6.07, 6.45) is 0. The lowest BCUT2D eigenvalue weighted by molar-refractivity contribution is -0.885. The number of nitrogens with one attached hydrogen (secondary N) is 2. The fourth-order valence-electron chi connectivity index (χ4n) is 2.79. The smallest absolute Gasteiger partial charge is 0.279 e. The number of non-ortho nitro benzene ring substituents is 1. The minimum absolute atomic E-state index is 0.121. The number of rotatable bonds is 8. The van der Waals surface area contributed by atoms with Crippen molar-refractivity contribution in [3.63, 3.8) is 0 Å². The summed E-state index contributed by atoms with van der Waals surface area (Å²) < 4.78 is 10.6. The molecule has 0 spiro atoms. The quantitative estimate of drug-likeness (QED) is 0.516. The summed E-state index contributed by atoms with van der Waals surface area (Å²) in [6.45, 7) is 2.77. The lowest BCUT2D eigenvalue weighted by atomic mass is 10.1. The zero-order valence-electron chi connectivity index (χ0n) is 16.2. The molecule has 9 heteroatoms. The fourth-order valence-corrected chi connectivity index (χ4v) is 3.01. The van der Waals surface area contributed by atoms with Crippen LogP contribution in [0.25, 0.3) is 0 Å². The van der Waals surface area contributed by atoms with Gasteiger partial charge in [-0.3, -0.25) is 14.9 Å². The van der Waals surface area contributed by atoms with Gasteiger partial charge in [-0.15, -0.1) is 0 Å². The van der Waals surface area contributed by atoms with Gasteiger partial charge >= 0.3 is 0 Å². The topological polar surface area (TPSA) is 95.1 Å². The van der Waals surface area contributed by atoms with Crippen molar-refractivity contribution in [1.29, 1.82) is 0 Å². The lowest BCUT2D eigenvalue weighted by Crippen LogP contribution is -3.08. The molecule has 0 heterocycles. The number of carbonyl (C=O) groups is 1. The van der Waals surface area contributed by atoms with Gasteiger partial charge < -0.3 is 19.7 Å². The number of hydrogen-bond acceptors (Lipinski definition) is 5. The van der Waals surface area contributed by atoms with E-state index >= 15 is 0 Å². The zero-order chi connectivity index (χ0) is 20.8. The molecule has 0 aliphatic carbocycles. The van der Waals surface area contributed by atoms with E-state index in [9.17, 15) is 14.9 Å². The van der Waals surface area contributed by atoms with Crippen LogP contribution in [-0.2, 0) is 11.3 Å². The molecule has 28 heavy (non-hydrogen) atoms. The second-order valence-electron chi connectivity index (χ2n) is 6.41. The van der Waals surface area contributed by atoms with E-state index in [0.717, 1.165) is 16.0 Å². The summed E-state index contributed by atoms with van der Waals surface area (Å²) in [5, 5.41) is 13.6. The summed E-state index contributed by atoms with van der Waals surface area (Å²) in [5.74, 6) is 1.05. The Morgan fingerprint density at radius 3 is 2.43 bits per heavy atom. The van der Waals surface area contributed by atoms with Crippen LogP contribution >= 0.6 is 11.6 Å². The van der Waals surface area contributed by atoms with Crippen LogP contribution in [0, 0.1) is 17.0 Å². The molecule has 8 nitrogen and oxygen atoms in total. The number of ether oxygens (including phenoxy) is 2. The number of anilines is 1. The van der Waals surface area contributed by atoms with E-state index in [2.05, 4.69) is 5.32 Å². The molecule has 1 amide bonds. The highest BCUT2D eigenvalue weighted by Crippen LogP contribution is 2.30. The number of carbonyl (C=O) groups excluding carboxylic acids is 1. The molecule has 2 aromatic rings. The van der Waals surface area contributed by atoms with Crippen molar-refractivity contribution in [3.8, 4) is 11.5 Å². The van der Waals surface area contributed by atoms with Gasteiger partial charge in [-0.1, -0.05) is 11.6 Å². The fraction of sp³-hybridized carbons (Fsp3) is 0.316. The van der Waals surface area contributed by atoms with Gasteiger partial charge in [0.1, 0.15) is 6.54 Å². The highest BCUT2D eigenvalue weighted by Gasteiger charge is 2.17. The minimum Gasteiger partial charge on any atom is -0.493 e. The number of benzene rings is 2. The molecule has 150 valence electrons. The zero-order valence-corrected chi connectivity index (χ0v) is 16.9. The van der Waals surface area contributed by atoms with Crippen LogP contribution in [0.5, 0.6) is 11.5 Å². The first kappa shape index (κ1) is 21.5. The Kier molecular flexibility index (Phi) is 7.19. The Morgan fingerprint density at radius 2 is 1.86 bits per heavy atom. The Balaban J connectivity index is 2.02. The first-order chi connectivity index (χ1) is 13.2. The number of aryl methyl sites for hydroxylation is 1. The van der Waals surface area contributed by atoms with Gasteiger partial charge in [0, 0.05) is 17.7 Å². The third-order valence-electron chi connectivity index (χ3n) is 4.23. The minimum atomic E-state index is -0.541. The third kappa shape index (κ3) is 5.34. The first-order valence-corrected chi connectivity index (χ1v) is 8.89. The van der Waals surface area contributed by atoms with Crippen molar-refractivity contribution in [2.24, 2.45) is 0 Å². The van der Waals surface area contributed by atoms with Gasteiger partial charge in [0.05, 0.1) is 36.9 Å². The van der Waals surface area contributed by atoms with Gasteiger partial charge in [-0.05, 0) is 30.7 Å². The predicted octanol–water partition coefficient (Wildman–Crippen LogP) is 2.23. The number of halogens is 1. The molecule has 0 aromatic heterocycles. The molecular formula is C19H23ClN3O5+. The average Bonchev–Trinajstić information content (AvgIpc) is 2.64. The maximum atomic E-state index is 12.3. The van der Waals surface area contributed by atoms with Crippen LogP contribution in [0.4, 0.5) is 11.4 Å². The van der Waals surface area contributed by atoms with Gasteiger partial charge in [0.2, 0.25) is 0 Å². The summed E-state index contributed by atoms with van der Waals surface area (Å²) in [7, 11) is 5.06. The molecule has 2 aromatic carbocycles. The summed E-state index contributed by atoms with van der Waals surface area (Å²) in [6, 6.07) is 7.74. The van der Waals surface area contributed by atoms with E-state index in [4.69, 9.17) is 21.1 Å². The predicted molar refractivity (Wildman–Crippen MR) is 106 cm³/mol. The number of quaternary nitrogens is 1. The van der Waals surface area contributed by atoms with E-state index in [1.807, 2.05) is 26.1 Å². The average molecular weight is 409 g/mol. The van der Waals surface area contributed by atoms with Crippen molar-refractivity contribution < 1.29 is 24.1 Å². The molecule has 0 saturated heterocycles. The molecule has 0 radical (unpaired) electrons. The van der Waals surface area contributed by atoms with Gasteiger partial charge in [0.15, 0.2) is 18.0 Å². The number of nitrogens with zero attached hydrogens (tertiary/aromatic N) is 1. The number of methoxy groups -OCH3 is 2. The van der Waals surface area contributed by atoms with Crippen molar-refractivity contribution in [3.05, 3.63) is 56.6 Å². The van der Waals surface area contributed by atoms with Gasteiger partial charge in [0.25, 0.3) is 11.6 Å². The highest BCUT2D eigenvalue weighted by atomic mass is 35.5. The van der Waals surface area contributed by atoms with Crippen LogP contribution in [0.1, 0.15) is 11.1 Å². The number of likely N-dealkylation sites (N-methyl/N-ethyl adjacent to an activating group) is 1. The van der Waals surface area contributed by atoms with Crippen molar-refractivity contribution in [2.75, 3.05) is 33.1 Å². The van der Waals surface area contributed by atoms with E-state index < -0.39 is 4.92 Å². The van der Waals surface area contributed by atoms with Gasteiger partial charge in [-0.25, -0.2) is 0 Å². The van der Waals surface area contributed by atoms with Crippen LogP contribution < -0.4 is 19.7 Å². The molecule has 2 N–H and O–H groups in total. The molecule has 2 rings (SSSR count). The Morgan fingerprint density at radius 1 is 1.21 bits per heavy atom. The molecule has 0 aliphatic heterocycles. The second kappa shape index (κ2) is 9.38. The molecule has 0 fully saturated rings. The van der Waals surface area contributed by atoms with Crippen molar-refractivity contribution >= 4 is 28.9 Å². The summed E-state index contributed by atoms with van der Waals surface area (Å²) in [4.78, 5) is 23.5. The summed E-state index contributed by atoms with van der Waals surface area (Å²) >= 11 is 6.01. The first-order valence-electron chi connectivity index (χ1n) is 8.51. The van der Waals surface area contributed by atoms with E-state index in [1.54, 1.807) is 14.2 Å². The number of nitro groups is 1. The maximum absolute atomic E-state index is 12.3. The molecular weight excluding hydrogens is 386 g/mol. The van der Waals surface area contributed by atoms with Gasteiger partial charge in [-0.2, -0.15) is 0 Å². The van der Waals surface area contributed by atoms with E-state index in [1.165, 1.54) is 18.2 Å². The van der Waals surface area contributed by atoms with Crippen LogP contribution in [0.2, 0.25) is 5.02 Å². The SMILES string of the molecule is COc1cc(C)c(C[NH+](C)CC(=O)Nc2ccc([N+](=O)[O-])cc2Cl)cc1OC. The number of amides is 1. The summed E-state index contributed by atoms with van der Waals surface area (Å²) in [5.41, 5.74) is 2.29. The lowest BCUT2D eigenvalue weighted by Gasteiger charge is -2.17. The van der Waals surface area contributed by atoms with E-state index in [-0.39, 0.29) is 23.2 Å². The second-order valence-corrected chi connectivity index (χ2v) is 6.82. The highest BCUT2D eigenvalue weighted by molar-refractivity contribution is 6.33. The molecule has 1 unspecified atom stereocenters. The van der Waals surface area contributed by atoms with Crippen LogP contribution in [-0.4, -0.2) is 38.6 Å². The van der Waals surface area contributed by atoms with Crippen LogP contribution in [0.3, 0.4) is 0 Å². The third-order valence-corrected chi connectivity index (χ3v) is 4.55. The molecule has 0 aliphatic rings. The number of nitro benzene ring substituents is 1. The monoisotopic (exact) mass is 408 g/mol. The Labute approximate surface area is 168 Å². The van der Waals surface area contributed by atoms with Crippen molar-refractivity contribution in [2.45, 2.75) is 13.5 Å².